The number of hydrogen-bond donors (Lipinski definition) is 2. The Morgan fingerprint density at radius 1 is 1.31 bits per heavy atom. The van der Waals surface area contributed by atoms with E-state index in [1.54, 1.807) is 13.0 Å². The molecule has 1 aliphatic heterocycles. The quantitative estimate of drug-likeness (QED) is 0.798. The fourth-order valence-corrected chi connectivity index (χ4v) is 4.53. The van der Waals surface area contributed by atoms with E-state index in [-0.39, 0.29) is 22.6 Å². The third kappa shape index (κ3) is 4.08. The number of carbonyl (C=O) groups is 1. The van der Waals surface area contributed by atoms with E-state index in [9.17, 15) is 13.2 Å². The maximum Gasteiger partial charge on any atom is 0.244 e. The van der Waals surface area contributed by atoms with Crippen molar-refractivity contribution >= 4 is 33.4 Å². The summed E-state index contributed by atoms with van der Waals surface area (Å²) in [5, 5.41) is 6.59. The van der Waals surface area contributed by atoms with Gasteiger partial charge in [-0.1, -0.05) is 19.0 Å². The van der Waals surface area contributed by atoms with E-state index in [4.69, 9.17) is 4.52 Å². The standard InChI is InChI=1S/C16H20N4O4S2/c1-9(2)15-18-16(24-19-15)10(3)20-26(22,23)11-4-5-13-12(8-11)17-14(21)6-7-25-13/h4-5,8-10,20H,6-7H2,1-3H3,(H,17,21). The summed E-state index contributed by atoms with van der Waals surface area (Å²) in [7, 11) is -3.82. The van der Waals surface area contributed by atoms with Crippen molar-refractivity contribution in [3.8, 4) is 0 Å². The summed E-state index contributed by atoms with van der Waals surface area (Å²) in [5.41, 5.74) is 0.507. The lowest BCUT2D eigenvalue weighted by Crippen LogP contribution is -2.27. The van der Waals surface area contributed by atoms with Gasteiger partial charge in [0.1, 0.15) is 0 Å². The summed E-state index contributed by atoms with van der Waals surface area (Å²) in [6.45, 7) is 5.48. The highest BCUT2D eigenvalue weighted by Gasteiger charge is 2.24. The van der Waals surface area contributed by atoms with Crippen LogP contribution in [0.25, 0.3) is 0 Å². The lowest BCUT2D eigenvalue weighted by Gasteiger charge is -2.13. The molecule has 140 valence electrons. The van der Waals surface area contributed by atoms with Crippen LogP contribution in [0, 0.1) is 0 Å². The minimum atomic E-state index is -3.82. The van der Waals surface area contributed by atoms with Crippen molar-refractivity contribution in [1.29, 1.82) is 0 Å². The first-order valence-electron chi connectivity index (χ1n) is 8.19. The molecule has 1 aromatic heterocycles. The summed E-state index contributed by atoms with van der Waals surface area (Å²) < 4.78 is 33.1. The van der Waals surface area contributed by atoms with Gasteiger partial charge in [0, 0.05) is 23.0 Å². The summed E-state index contributed by atoms with van der Waals surface area (Å²) >= 11 is 1.52. The number of fused-ring (bicyclic) bond motifs is 1. The van der Waals surface area contributed by atoms with E-state index in [1.165, 1.54) is 23.9 Å². The van der Waals surface area contributed by atoms with Crippen molar-refractivity contribution in [2.75, 3.05) is 11.1 Å². The van der Waals surface area contributed by atoms with Crippen molar-refractivity contribution < 1.29 is 17.7 Å². The van der Waals surface area contributed by atoms with Gasteiger partial charge in [-0.3, -0.25) is 4.79 Å². The first-order valence-corrected chi connectivity index (χ1v) is 10.7. The van der Waals surface area contributed by atoms with E-state index >= 15 is 0 Å². The summed E-state index contributed by atoms with van der Waals surface area (Å²) in [6, 6.07) is 4.01. The number of benzene rings is 1. The van der Waals surface area contributed by atoms with E-state index in [0.29, 0.717) is 23.7 Å². The third-order valence-electron chi connectivity index (χ3n) is 3.80. The number of nitrogens with zero attached hydrogens (tertiary/aromatic N) is 2. The SMILES string of the molecule is CC(C)c1noc(C(C)NS(=O)(=O)c2ccc3c(c2)NC(=O)CCS3)n1. The van der Waals surface area contributed by atoms with Gasteiger partial charge in [0.15, 0.2) is 5.82 Å². The molecule has 1 unspecified atom stereocenters. The normalized spacial score (nSPS) is 16.1. The number of aromatic nitrogens is 2. The highest BCUT2D eigenvalue weighted by molar-refractivity contribution is 7.99. The average Bonchev–Trinajstić information content (AvgIpc) is 2.98. The molecule has 3 rings (SSSR count). The fourth-order valence-electron chi connectivity index (χ4n) is 2.38. The Morgan fingerprint density at radius 3 is 2.77 bits per heavy atom. The lowest BCUT2D eigenvalue weighted by atomic mass is 10.2. The molecule has 2 N–H and O–H groups in total. The molecule has 0 spiro atoms. The van der Waals surface area contributed by atoms with Crippen LogP contribution in [-0.4, -0.2) is 30.2 Å². The molecule has 0 radical (unpaired) electrons. The van der Waals surface area contributed by atoms with Crippen LogP contribution >= 0.6 is 11.8 Å². The van der Waals surface area contributed by atoms with E-state index < -0.39 is 16.1 Å². The van der Waals surface area contributed by atoms with Crippen LogP contribution in [-0.2, 0) is 14.8 Å². The Balaban J connectivity index is 1.82. The molecule has 0 saturated carbocycles. The molecule has 26 heavy (non-hydrogen) atoms. The van der Waals surface area contributed by atoms with Gasteiger partial charge in [0.25, 0.3) is 0 Å². The molecule has 10 heteroatoms. The molecule has 2 heterocycles. The van der Waals surface area contributed by atoms with Gasteiger partial charge >= 0.3 is 0 Å². The average molecular weight is 396 g/mol. The second-order valence-electron chi connectivity index (χ2n) is 6.29. The predicted molar refractivity (Wildman–Crippen MR) is 97.5 cm³/mol. The molecular formula is C16H20N4O4S2. The van der Waals surface area contributed by atoms with Crippen LogP contribution in [0.5, 0.6) is 0 Å². The van der Waals surface area contributed by atoms with Gasteiger partial charge in [-0.25, -0.2) is 8.42 Å². The zero-order valence-corrected chi connectivity index (χ0v) is 16.3. The Hall–Kier alpha value is -1.91. The third-order valence-corrected chi connectivity index (χ3v) is 6.41. The van der Waals surface area contributed by atoms with Gasteiger partial charge < -0.3 is 9.84 Å². The number of hydrogen-bond acceptors (Lipinski definition) is 7. The second kappa shape index (κ2) is 7.37. The highest BCUT2D eigenvalue weighted by atomic mass is 32.2. The van der Waals surface area contributed by atoms with Crippen molar-refractivity contribution in [1.82, 2.24) is 14.9 Å². The Labute approximate surface area is 156 Å². The Morgan fingerprint density at radius 2 is 2.08 bits per heavy atom. The summed E-state index contributed by atoms with van der Waals surface area (Å²) in [5.74, 6) is 1.35. The van der Waals surface area contributed by atoms with Crippen LogP contribution in [0.3, 0.4) is 0 Å². The molecule has 1 amide bonds. The van der Waals surface area contributed by atoms with Crippen LogP contribution in [0.15, 0.2) is 32.5 Å². The molecule has 1 aromatic carbocycles. The predicted octanol–water partition coefficient (Wildman–Crippen LogP) is 2.67. The summed E-state index contributed by atoms with van der Waals surface area (Å²) in [4.78, 5) is 16.8. The number of anilines is 1. The molecule has 2 aromatic rings. The van der Waals surface area contributed by atoms with E-state index in [1.807, 2.05) is 13.8 Å². The number of amides is 1. The Bertz CT molecular complexity index is 924. The molecule has 1 atom stereocenters. The zero-order valence-electron chi connectivity index (χ0n) is 14.6. The van der Waals surface area contributed by atoms with E-state index in [0.717, 1.165) is 4.90 Å². The van der Waals surface area contributed by atoms with E-state index in [2.05, 4.69) is 20.2 Å². The van der Waals surface area contributed by atoms with Gasteiger partial charge in [0.05, 0.1) is 16.6 Å². The van der Waals surface area contributed by atoms with Gasteiger partial charge in [0.2, 0.25) is 21.8 Å². The summed E-state index contributed by atoms with van der Waals surface area (Å²) in [6.07, 6.45) is 0.395. The topological polar surface area (TPSA) is 114 Å². The number of sulfonamides is 1. The molecular weight excluding hydrogens is 376 g/mol. The maximum absolute atomic E-state index is 12.7. The first-order chi connectivity index (χ1) is 12.3. The maximum atomic E-state index is 12.7. The van der Waals surface area contributed by atoms with Crippen molar-refractivity contribution in [3.05, 3.63) is 29.9 Å². The number of thioether (sulfide) groups is 1. The zero-order chi connectivity index (χ0) is 18.9. The molecule has 0 fully saturated rings. The molecule has 0 aliphatic carbocycles. The van der Waals surface area contributed by atoms with Crippen molar-refractivity contribution in [2.24, 2.45) is 0 Å². The lowest BCUT2D eigenvalue weighted by molar-refractivity contribution is -0.115. The van der Waals surface area contributed by atoms with Gasteiger partial charge in [-0.2, -0.15) is 9.71 Å². The van der Waals surface area contributed by atoms with Crippen LogP contribution < -0.4 is 10.0 Å². The van der Waals surface area contributed by atoms with Crippen LogP contribution in [0.2, 0.25) is 0 Å². The monoisotopic (exact) mass is 396 g/mol. The van der Waals surface area contributed by atoms with Crippen molar-refractivity contribution in [3.63, 3.8) is 0 Å². The van der Waals surface area contributed by atoms with Crippen LogP contribution in [0.1, 0.15) is 50.9 Å². The molecule has 1 aliphatic rings. The second-order valence-corrected chi connectivity index (χ2v) is 9.14. The minimum Gasteiger partial charge on any atom is -0.338 e. The molecule has 0 bridgehead atoms. The molecule has 0 saturated heterocycles. The Kier molecular flexibility index (Phi) is 5.35. The minimum absolute atomic E-state index is 0.0644. The van der Waals surface area contributed by atoms with Crippen LogP contribution in [0.4, 0.5) is 5.69 Å². The first kappa shape index (κ1) is 18.9. The number of rotatable bonds is 5. The largest absolute Gasteiger partial charge is 0.338 e. The highest BCUT2D eigenvalue weighted by Crippen LogP contribution is 2.32. The number of nitrogens with one attached hydrogen (secondary N) is 2. The number of carbonyl (C=O) groups excluding carboxylic acids is 1. The molecule has 8 nitrogen and oxygen atoms in total. The van der Waals surface area contributed by atoms with Gasteiger partial charge in [-0.15, -0.1) is 11.8 Å². The fraction of sp³-hybridized carbons (Fsp3) is 0.438. The smallest absolute Gasteiger partial charge is 0.244 e. The van der Waals surface area contributed by atoms with Crippen molar-refractivity contribution in [2.45, 2.75) is 48.9 Å². The van der Waals surface area contributed by atoms with Gasteiger partial charge in [-0.05, 0) is 25.1 Å².